The van der Waals surface area contributed by atoms with E-state index >= 15 is 0 Å². The average Bonchev–Trinajstić information content (AvgIpc) is 2.53. The Kier molecular flexibility index (Phi) is 4.63. The fourth-order valence-corrected chi connectivity index (χ4v) is 3.13. The van der Waals surface area contributed by atoms with Gasteiger partial charge in [0.1, 0.15) is 11.4 Å². The zero-order chi connectivity index (χ0) is 17.2. The van der Waals surface area contributed by atoms with Crippen molar-refractivity contribution in [1.29, 1.82) is 0 Å². The fourth-order valence-electron chi connectivity index (χ4n) is 2.93. The van der Waals surface area contributed by atoms with E-state index in [0.717, 1.165) is 23.3 Å². The smallest absolute Gasteiger partial charge is 0.244 e. The Bertz CT molecular complexity index is 783. The molecule has 0 radical (unpaired) electrons. The van der Waals surface area contributed by atoms with Gasteiger partial charge < -0.3 is 10.1 Å². The van der Waals surface area contributed by atoms with Crippen molar-refractivity contribution in [3.63, 3.8) is 0 Å². The molecule has 0 saturated heterocycles. The molecule has 2 aromatic carbocycles. The lowest BCUT2D eigenvalue weighted by atomic mass is 9.89. The van der Waals surface area contributed by atoms with E-state index in [-0.39, 0.29) is 17.6 Å². The number of carbonyl (C=O) groups excluding carboxylic acids is 1. The monoisotopic (exact) mass is 341 g/mol. The summed E-state index contributed by atoms with van der Waals surface area (Å²) >= 11 is 6.10. The highest BCUT2D eigenvalue weighted by atomic mass is 35.5. The Hall–Kier alpha value is -2.26. The van der Waals surface area contributed by atoms with Crippen LogP contribution in [0.3, 0.4) is 0 Å². The first-order valence-corrected chi connectivity index (χ1v) is 8.33. The molecule has 1 aliphatic heterocycles. The number of amides is 1. The van der Waals surface area contributed by atoms with Crippen molar-refractivity contribution >= 4 is 23.6 Å². The molecule has 1 aliphatic rings. The van der Waals surface area contributed by atoms with E-state index in [1.165, 1.54) is 6.08 Å². The maximum absolute atomic E-state index is 12.3. The lowest BCUT2D eigenvalue weighted by molar-refractivity contribution is -0.117. The molecule has 3 nitrogen and oxygen atoms in total. The second kappa shape index (κ2) is 6.70. The second-order valence-corrected chi connectivity index (χ2v) is 6.93. The van der Waals surface area contributed by atoms with E-state index in [1.54, 1.807) is 12.1 Å². The van der Waals surface area contributed by atoms with Crippen LogP contribution in [0.4, 0.5) is 0 Å². The number of ether oxygens (including phenoxy) is 1. The maximum atomic E-state index is 12.3. The first kappa shape index (κ1) is 16.6. The van der Waals surface area contributed by atoms with Crippen molar-refractivity contribution in [3.8, 4) is 5.75 Å². The number of fused-ring (bicyclic) bond motifs is 1. The third-order valence-corrected chi connectivity index (χ3v) is 4.36. The molecule has 24 heavy (non-hydrogen) atoms. The van der Waals surface area contributed by atoms with Gasteiger partial charge in [-0.2, -0.15) is 0 Å². The standard InChI is InChI=1S/C20H20ClNO2/c1-20(2)13-17(15-8-4-6-10-18(15)24-20)22-19(23)12-11-14-7-3-5-9-16(14)21/h3-12,17H,13H2,1-2H3,(H,22,23)/b12-11+/t17-/m0/s1. The largest absolute Gasteiger partial charge is 0.487 e. The summed E-state index contributed by atoms with van der Waals surface area (Å²) in [6.45, 7) is 4.06. The molecule has 124 valence electrons. The number of carbonyl (C=O) groups is 1. The van der Waals surface area contributed by atoms with Crippen molar-refractivity contribution in [1.82, 2.24) is 5.32 Å². The minimum Gasteiger partial charge on any atom is -0.487 e. The number of halogens is 1. The third kappa shape index (κ3) is 3.80. The Morgan fingerprint density at radius 2 is 1.92 bits per heavy atom. The highest BCUT2D eigenvalue weighted by molar-refractivity contribution is 6.32. The third-order valence-electron chi connectivity index (χ3n) is 4.01. The number of rotatable bonds is 3. The fraction of sp³-hybridized carbons (Fsp3) is 0.250. The van der Waals surface area contributed by atoms with Crippen LogP contribution >= 0.6 is 11.6 Å². The highest BCUT2D eigenvalue weighted by Gasteiger charge is 2.33. The summed E-state index contributed by atoms with van der Waals surface area (Å²) in [4.78, 5) is 12.3. The van der Waals surface area contributed by atoms with E-state index in [9.17, 15) is 4.79 Å². The topological polar surface area (TPSA) is 38.3 Å². The molecule has 0 saturated carbocycles. The van der Waals surface area contributed by atoms with Gasteiger partial charge in [-0.15, -0.1) is 0 Å². The normalized spacial score (nSPS) is 18.7. The van der Waals surface area contributed by atoms with Crippen molar-refractivity contribution in [2.24, 2.45) is 0 Å². The first-order chi connectivity index (χ1) is 11.4. The molecule has 0 aliphatic carbocycles. The second-order valence-electron chi connectivity index (χ2n) is 6.52. The number of nitrogens with one attached hydrogen (secondary N) is 1. The van der Waals surface area contributed by atoms with Crippen molar-refractivity contribution in [2.75, 3.05) is 0 Å². The molecule has 0 bridgehead atoms. The van der Waals surface area contributed by atoms with Crippen molar-refractivity contribution in [2.45, 2.75) is 31.9 Å². The molecule has 0 aromatic heterocycles. The minimum absolute atomic E-state index is 0.0756. The van der Waals surface area contributed by atoms with Crippen LogP contribution in [-0.2, 0) is 4.79 Å². The molecule has 0 spiro atoms. The van der Waals surface area contributed by atoms with Gasteiger partial charge in [-0.25, -0.2) is 0 Å². The van der Waals surface area contributed by atoms with E-state index < -0.39 is 0 Å². The highest BCUT2D eigenvalue weighted by Crippen LogP contribution is 2.39. The summed E-state index contributed by atoms with van der Waals surface area (Å²) in [5.74, 6) is 0.682. The van der Waals surface area contributed by atoms with Gasteiger partial charge in [0, 0.05) is 23.1 Å². The van der Waals surface area contributed by atoms with Crippen LogP contribution in [-0.4, -0.2) is 11.5 Å². The molecular weight excluding hydrogens is 322 g/mol. The quantitative estimate of drug-likeness (QED) is 0.816. The molecule has 1 N–H and O–H groups in total. The number of hydrogen-bond acceptors (Lipinski definition) is 2. The van der Waals surface area contributed by atoms with Gasteiger partial charge in [0.05, 0.1) is 6.04 Å². The molecular formula is C20H20ClNO2. The van der Waals surface area contributed by atoms with Crippen molar-refractivity contribution < 1.29 is 9.53 Å². The lowest BCUT2D eigenvalue weighted by Gasteiger charge is -2.37. The van der Waals surface area contributed by atoms with Crippen LogP contribution in [0.2, 0.25) is 5.02 Å². The predicted molar refractivity (Wildman–Crippen MR) is 97.1 cm³/mol. The first-order valence-electron chi connectivity index (χ1n) is 7.96. The summed E-state index contributed by atoms with van der Waals surface area (Å²) in [7, 11) is 0. The van der Waals surface area contributed by atoms with E-state index in [2.05, 4.69) is 5.32 Å². The molecule has 4 heteroatoms. The molecule has 1 amide bonds. The van der Waals surface area contributed by atoms with Gasteiger partial charge in [-0.1, -0.05) is 48.0 Å². The van der Waals surface area contributed by atoms with Gasteiger partial charge in [-0.3, -0.25) is 4.79 Å². The van der Waals surface area contributed by atoms with Crippen LogP contribution < -0.4 is 10.1 Å². The molecule has 0 unspecified atom stereocenters. The van der Waals surface area contributed by atoms with E-state index in [1.807, 2.05) is 56.3 Å². The predicted octanol–water partition coefficient (Wildman–Crippen LogP) is 4.77. The van der Waals surface area contributed by atoms with Gasteiger partial charge in [0.25, 0.3) is 0 Å². The Morgan fingerprint density at radius 1 is 1.21 bits per heavy atom. The Morgan fingerprint density at radius 3 is 2.71 bits per heavy atom. The summed E-state index contributed by atoms with van der Waals surface area (Å²) < 4.78 is 5.99. The number of para-hydroxylation sites is 1. The van der Waals surface area contributed by atoms with E-state index in [4.69, 9.17) is 16.3 Å². The molecule has 2 aromatic rings. The zero-order valence-electron chi connectivity index (χ0n) is 13.8. The van der Waals surface area contributed by atoms with Crippen molar-refractivity contribution in [3.05, 3.63) is 70.8 Å². The SMILES string of the molecule is CC1(C)C[C@H](NC(=O)/C=C/c2ccccc2Cl)c2ccccc2O1. The maximum Gasteiger partial charge on any atom is 0.244 e. The van der Waals surface area contributed by atoms with Crippen LogP contribution in [0.1, 0.15) is 37.4 Å². The minimum atomic E-state index is -0.321. The molecule has 1 atom stereocenters. The summed E-state index contributed by atoms with van der Waals surface area (Å²) in [5.41, 5.74) is 1.51. The lowest BCUT2D eigenvalue weighted by Crippen LogP contribution is -2.40. The van der Waals surface area contributed by atoms with Crippen LogP contribution in [0.5, 0.6) is 5.75 Å². The molecule has 0 fully saturated rings. The zero-order valence-corrected chi connectivity index (χ0v) is 14.5. The molecule has 3 rings (SSSR count). The Balaban J connectivity index is 1.76. The van der Waals surface area contributed by atoms with Gasteiger partial charge in [-0.05, 0) is 37.6 Å². The van der Waals surface area contributed by atoms with Gasteiger partial charge >= 0.3 is 0 Å². The summed E-state index contributed by atoms with van der Waals surface area (Å²) in [5, 5.41) is 3.70. The number of hydrogen-bond donors (Lipinski definition) is 1. The summed E-state index contributed by atoms with van der Waals surface area (Å²) in [6.07, 6.45) is 3.97. The summed E-state index contributed by atoms with van der Waals surface area (Å²) in [6, 6.07) is 15.2. The van der Waals surface area contributed by atoms with Crippen LogP contribution in [0.15, 0.2) is 54.6 Å². The number of benzene rings is 2. The van der Waals surface area contributed by atoms with E-state index in [0.29, 0.717) is 5.02 Å². The van der Waals surface area contributed by atoms with Gasteiger partial charge in [0.15, 0.2) is 0 Å². The van der Waals surface area contributed by atoms with Gasteiger partial charge in [0.2, 0.25) is 5.91 Å². The van der Waals surface area contributed by atoms with Crippen LogP contribution in [0.25, 0.3) is 6.08 Å². The average molecular weight is 342 g/mol. The van der Waals surface area contributed by atoms with Crippen LogP contribution in [0, 0.1) is 0 Å². The Labute approximate surface area is 147 Å². The molecule has 1 heterocycles.